The van der Waals surface area contributed by atoms with Crippen LogP contribution in [0.1, 0.15) is 54.6 Å². The molecule has 1 aliphatic carbocycles. The summed E-state index contributed by atoms with van der Waals surface area (Å²) in [6, 6.07) is 1.39. The summed E-state index contributed by atoms with van der Waals surface area (Å²) in [6.45, 7) is -0.535. The average Bonchev–Trinajstić information content (AvgIpc) is 3.16. The molecule has 1 fully saturated rings. The first-order valence-corrected chi connectivity index (χ1v) is 11.2. The van der Waals surface area contributed by atoms with Crippen LogP contribution in [0.25, 0.3) is 0 Å². The topological polar surface area (TPSA) is 75.4 Å². The summed E-state index contributed by atoms with van der Waals surface area (Å²) in [4.78, 5) is 25.4. The molecule has 35 heavy (non-hydrogen) atoms. The maximum Gasteiger partial charge on any atom is 0.435 e. The quantitative estimate of drug-likeness (QED) is 0.481. The van der Waals surface area contributed by atoms with Crippen molar-refractivity contribution >= 4 is 11.9 Å². The first kappa shape index (κ1) is 25.1. The van der Waals surface area contributed by atoms with Gasteiger partial charge in [-0.3, -0.25) is 14.3 Å². The number of nitrogens with zero attached hydrogens (tertiary/aromatic N) is 3. The van der Waals surface area contributed by atoms with Crippen molar-refractivity contribution in [3.8, 4) is 0 Å². The third-order valence-electron chi connectivity index (χ3n) is 6.80. The van der Waals surface area contributed by atoms with Crippen LogP contribution >= 0.6 is 0 Å². The van der Waals surface area contributed by atoms with Gasteiger partial charge in [-0.1, -0.05) is 0 Å². The molecule has 0 bridgehead atoms. The van der Waals surface area contributed by atoms with Crippen molar-refractivity contribution in [2.45, 2.75) is 57.8 Å². The number of alkyl halides is 3. The lowest BCUT2D eigenvalue weighted by atomic mass is 9.80. The summed E-state index contributed by atoms with van der Waals surface area (Å²) in [5.74, 6) is -6.14. The standard InChI is InChI=1S/C23H23F6N3O3/c24-16-7-13(8-17(25)20(16)26)10-32-18-11-31(6-5-15(18)21(30-32)23(27,28)29)19(33)9-12-1-3-14(4-2-12)22(34)35/h7-8,12,14H,1-6,9-11H2,(H,34,35). The molecule has 0 spiro atoms. The van der Waals surface area contributed by atoms with E-state index in [1.54, 1.807) is 0 Å². The number of carboxylic acid groups (broad SMARTS) is 1. The summed E-state index contributed by atoms with van der Waals surface area (Å²) in [5.41, 5.74) is -1.20. The van der Waals surface area contributed by atoms with Gasteiger partial charge >= 0.3 is 12.1 Å². The van der Waals surface area contributed by atoms with Crippen molar-refractivity contribution in [2.24, 2.45) is 11.8 Å². The van der Waals surface area contributed by atoms with Crippen molar-refractivity contribution in [3.05, 3.63) is 52.1 Å². The number of aromatic nitrogens is 2. The van der Waals surface area contributed by atoms with Crippen LogP contribution in [0.15, 0.2) is 12.1 Å². The van der Waals surface area contributed by atoms with Crippen LogP contribution in [0.5, 0.6) is 0 Å². The number of amides is 1. The van der Waals surface area contributed by atoms with Gasteiger partial charge in [-0.05, 0) is 55.7 Å². The molecule has 6 nitrogen and oxygen atoms in total. The number of hydrogen-bond acceptors (Lipinski definition) is 3. The highest BCUT2D eigenvalue weighted by Gasteiger charge is 2.41. The molecule has 1 saturated carbocycles. The second-order valence-corrected chi connectivity index (χ2v) is 9.13. The van der Waals surface area contributed by atoms with E-state index in [4.69, 9.17) is 5.11 Å². The summed E-state index contributed by atoms with van der Waals surface area (Å²) in [6.07, 6.45) is -2.57. The van der Waals surface area contributed by atoms with Crippen molar-refractivity contribution in [1.82, 2.24) is 14.7 Å². The molecule has 190 valence electrons. The molecule has 2 aromatic rings. The van der Waals surface area contributed by atoms with Gasteiger partial charge in [0.1, 0.15) is 0 Å². The van der Waals surface area contributed by atoms with Crippen LogP contribution in [-0.2, 0) is 35.3 Å². The molecule has 1 aromatic carbocycles. The number of hydrogen-bond donors (Lipinski definition) is 1. The lowest BCUT2D eigenvalue weighted by Gasteiger charge is -2.31. The zero-order chi connectivity index (χ0) is 25.5. The van der Waals surface area contributed by atoms with Crippen molar-refractivity contribution in [3.63, 3.8) is 0 Å². The molecule has 12 heteroatoms. The van der Waals surface area contributed by atoms with Crippen molar-refractivity contribution < 1.29 is 41.0 Å². The number of benzene rings is 1. The van der Waals surface area contributed by atoms with Gasteiger partial charge in [-0.15, -0.1) is 0 Å². The van der Waals surface area contributed by atoms with Crippen molar-refractivity contribution in [2.75, 3.05) is 6.54 Å². The molecule has 1 amide bonds. The van der Waals surface area contributed by atoms with E-state index in [0.29, 0.717) is 37.8 Å². The predicted octanol–water partition coefficient (Wildman–Crippen LogP) is 4.53. The van der Waals surface area contributed by atoms with Gasteiger partial charge in [0, 0.05) is 18.5 Å². The first-order chi connectivity index (χ1) is 16.4. The van der Waals surface area contributed by atoms with Gasteiger partial charge in [0.25, 0.3) is 0 Å². The lowest BCUT2D eigenvalue weighted by molar-refractivity contribution is -0.143. The number of carbonyl (C=O) groups excluding carboxylic acids is 1. The van der Waals surface area contributed by atoms with E-state index in [2.05, 4.69) is 5.10 Å². The molecule has 1 aliphatic heterocycles. The van der Waals surface area contributed by atoms with Gasteiger partial charge in [-0.25, -0.2) is 13.2 Å². The van der Waals surface area contributed by atoms with Crippen LogP contribution in [0, 0.1) is 29.3 Å². The monoisotopic (exact) mass is 503 g/mol. The Kier molecular flexibility index (Phi) is 6.83. The maximum atomic E-state index is 13.6. The Morgan fingerprint density at radius 3 is 2.26 bits per heavy atom. The van der Waals surface area contributed by atoms with E-state index >= 15 is 0 Å². The maximum absolute atomic E-state index is 13.6. The highest BCUT2D eigenvalue weighted by molar-refractivity contribution is 5.77. The van der Waals surface area contributed by atoms with Crippen LogP contribution in [0.4, 0.5) is 26.3 Å². The molecule has 2 heterocycles. The first-order valence-electron chi connectivity index (χ1n) is 11.2. The Hall–Kier alpha value is -3.05. The van der Waals surface area contributed by atoms with E-state index in [9.17, 15) is 35.9 Å². The molecule has 1 N–H and O–H groups in total. The summed E-state index contributed by atoms with van der Waals surface area (Å²) < 4.78 is 82.3. The number of halogens is 6. The fourth-order valence-electron chi connectivity index (χ4n) is 4.91. The molecule has 0 radical (unpaired) electrons. The second kappa shape index (κ2) is 9.54. The fraction of sp³-hybridized carbons (Fsp3) is 0.522. The van der Waals surface area contributed by atoms with Crippen LogP contribution in [0.2, 0.25) is 0 Å². The van der Waals surface area contributed by atoms with Gasteiger partial charge in [0.2, 0.25) is 5.91 Å². The number of carboxylic acids is 1. The van der Waals surface area contributed by atoms with Gasteiger partial charge in [-0.2, -0.15) is 18.3 Å². The minimum absolute atomic E-state index is 0.000286. The van der Waals surface area contributed by atoms with Gasteiger partial charge < -0.3 is 10.0 Å². The Labute approximate surface area is 196 Å². The highest BCUT2D eigenvalue weighted by Crippen LogP contribution is 2.36. The van der Waals surface area contributed by atoms with E-state index < -0.39 is 47.8 Å². The van der Waals surface area contributed by atoms with Crippen LogP contribution in [-0.4, -0.2) is 38.2 Å². The molecule has 1 aromatic heterocycles. The highest BCUT2D eigenvalue weighted by atomic mass is 19.4. The number of rotatable bonds is 5. The molecule has 2 aliphatic rings. The average molecular weight is 503 g/mol. The Morgan fingerprint density at radius 1 is 1.06 bits per heavy atom. The Morgan fingerprint density at radius 2 is 1.69 bits per heavy atom. The number of aliphatic carboxylic acids is 1. The van der Waals surface area contributed by atoms with Crippen LogP contribution in [0.3, 0.4) is 0 Å². The molecular formula is C23H23F6N3O3. The zero-order valence-corrected chi connectivity index (χ0v) is 18.5. The largest absolute Gasteiger partial charge is 0.481 e. The predicted molar refractivity (Wildman–Crippen MR) is 109 cm³/mol. The Balaban J connectivity index is 1.53. The third-order valence-corrected chi connectivity index (χ3v) is 6.80. The summed E-state index contributed by atoms with van der Waals surface area (Å²) in [7, 11) is 0. The van der Waals surface area contributed by atoms with E-state index in [0.717, 1.165) is 4.68 Å². The number of carbonyl (C=O) groups is 2. The zero-order valence-electron chi connectivity index (χ0n) is 18.5. The number of fused-ring (bicyclic) bond motifs is 1. The third kappa shape index (κ3) is 5.30. The SMILES string of the molecule is O=C(O)C1CCC(CC(=O)N2CCc3c(C(F)(F)F)nn(Cc4cc(F)c(F)c(F)c4)c3C2)CC1. The smallest absolute Gasteiger partial charge is 0.435 e. The van der Waals surface area contributed by atoms with Crippen molar-refractivity contribution in [1.29, 1.82) is 0 Å². The minimum atomic E-state index is -4.76. The second-order valence-electron chi connectivity index (χ2n) is 9.13. The van der Waals surface area contributed by atoms with Gasteiger partial charge in [0.05, 0.1) is 24.7 Å². The fourth-order valence-corrected chi connectivity index (χ4v) is 4.91. The molecular weight excluding hydrogens is 480 g/mol. The molecule has 0 unspecified atom stereocenters. The lowest BCUT2D eigenvalue weighted by Crippen LogP contribution is -2.38. The van der Waals surface area contributed by atoms with E-state index in [1.165, 1.54) is 4.90 Å². The van der Waals surface area contributed by atoms with E-state index in [1.807, 2.05) is 0 Å². The summed E-state index contributed by atoms with van der Waals surface area (Å²) in [5, 5.41) is 12.7. The van der Waals surface area contributed by atoms with Gasteiger partial charge in [0.15, 0.2) is 23.1 Å². The normalized spacial score (nSPS) is 20.6. The molecule has 4 rings (SSSR count). The molecule has 0 atom stereocenters. The van der Waals surface area contributed by atoms with E-state index in [-0.39, 0.29) is 54.6 Å². The Bertz CT molecular complexity index is 1120. The van der Waals surface area contributed by atoms with Crippen LogP contribution < -0.4 is 0 Å². The minimum Gasteiger partial charge on any atom is -0.481 e. The molecule has 0 saturated heterocycles. The summed E-state index contributed by atoms with van der Waals surface area (Å²) >= 11 is 0.